The van der Waals surface area contributed by atoms with E-state index in [4.69, 9.17) is 14.2 Å². The molecule has 1 aromatic carbocycles. The molecule has 1 N–H and O–H groups in total. The van der Waals surface area contributed by atoms with Gasteiger partial charge in [-0.2, -0.15) is 13.2 Å². The van der Waals surface area contributed by atoms with Crippen molar-refractivity contribution in [2.24, 2.45) is 0 Å². The summed E-state index contributed by atoms with van der Waals surface area (Å²) >= 11 is 1.33. The SMILES string of the molecule is CCCOc1nnc([C@@H]2CC[C@@H](NC(=O)COc3ccc(C(F)(F)F)c(F)c3)CO2)s1. The molecule has 1 aliphatic rings. The van der Waals surface area contributed by atoms with Gasteiger partial charge < -0.3 is 19.5 Å². The number of nitrogens with one attached hydrogen (secondary N) is 1. The van der Waals surface area contributed by atoms with Gasteiger partial charge in [0.2, 0.25) is 0 Å². The molecule has 1 aliphatic heterocycles. The highest BCUT2D eigenvalue weighted by molar-refractivity contribution is 7.13. The normalized spacial score (nSPS) is 19.1. The van der Waals surface area contributed by atoms with Crippen LogP contribution in [0, 0.1) is 5.82 Å². The summed E-state index contributed by atoms with van der Waals surface area (Å²) in [6.45, 7) is 2.36. The van der Waals surface area contributed by atoms with Crippen molar-refractivity contribution < 1.29 is 36.6 Å². The van der Waals surface area contributed by atoms with Crippen LogP contribution in [-0.2, 0) is 15.7 Å². The summed E-state index contributed by atoms with van der Waals surface area (Å²) < 4.78 is 67.5. The average Bonchev–Trinajstić information content (AvgIpc) is 3.19. The summed E-state index contributed by atoms with van der Waals surface area (Å²) in [7, 11) is 0. The lowest BCUT2D eigenvalue weighted by atomic mass is 10.1. The van der Waals surface area contributed by atoms with Crippen LogP contribution >= 0.6 is 11.3 Å². The Morgan fingerprint density at radius 1 is 1.29 bits per heavy atom. The second kappa shape index (κ2) is 10.2. The number of aromatic nitrogens is 2. The highest BCUT2D eigenvalue weighted by Gasteiger charge is 2.34. The summed E-state index contributed by atoms with van der Waals surface area (Å²) in [4.78, 5) is 12.0. The maximum Gasteiger partial charge on any atom is 0.419 e. The molecule has 0 saturated carbocycles. The Balaban J connectivity index is 1.42. The van der Waals surface area contributed by atoms with Gasteiger partial charge in [-0.15, -0.1) is 5.10 Å². The maximum atomic E-state index is 13.5. The monoisotopic (exact) mass is 463 g/mol. The first-order valence-corrected chi connectivity index (χ1v) is 10.4. The fourth-order valence-corrected chi connectivity index (χ4v) is 3.69. The zero-order valence-electron chi connectivity index (χ0n) is 16.6. The summed E-state index contributed by atoms with van der Waals surface area (Å²) in [5.74, 6) is -2.12. The fourth-order valence-electron chi connectivity index (χ4n) is 2.89. The van der Waals surface area contributed by atoms with Gasteiger partial charge in [0.1, 0.15) is 22.7 Å². The third kappa shape index (κ3) is 6.50. The predicted molar refractivity (Wildman–Crippen MR) is 102 cm³/mol. The number of alkyl halides is 3. The molecule has 3 rings (SSSR count). The molecule has 0 aliphatic carbocycles. The summed E-state index contributed by atoms with van der Waals surface area (Å²) in [5, 5.41) is 12.0. The van der Waals surface area contributed by atoms with E-state index >= 15 is 0 Å². The fraction of sp³-hybridized carbons (Fsp3) is 0.526. The van der Waals surface area contributed by atoms with Crippen molar-refractivity contribution in [3.63, 3.8) is 0 Å². The quantitative estimate of drug-likeness (QED) is 0.598. The van der Waals surface area contributed by atoms with Gasteiger partial charge >= 0.3 is 6.18 Å². The van der Waals surface area contributed by atoms with Crippen LogP contribution in [0.2, 0.25) is 0 Å². The van der Waals surface area contributed by atoms with Crippen molar-refractivity contribution in [3.05, 3.63) is 34.6 Å². The Labute approximate surface area is 179 Å². The minimum absolute atomic E-state index is 0.169. The Hall–Kier alpha value is -2.47. The standard InChI is InChI=1S/C19H21F4N3O4S/c1-2-7-28-18-26-25-17(31-18)15-6-3-11(9-30-15)24-16(27)10-29-12-4-5-13(14(20)8-12)19(21,22)23/h4-5,8,11,15H,2-3,6-7,9-10H2,1H3,(H,24,27)/t11-,15+/m1/s1. The zero-order chi connectivity index (χ0) is 22.4. The van der Waals surface area contributed by atoms with Gasteiger partial charge in [0.05, 0.1) is 24.8 Å². The highest BCUT2D eigenvalue weighted by Crippen LogP contribution is 2.33. The minimum Gasteiger partial charge on any atom is -0.484 e. The van der Waals surface area contributed by atoms with Crippen LogP contribution < -0.4 is 14.8 Å². The van der Waals surface area contributed by atoms with E-state index in [2.05, 4.69) is 15.5 Å². The van der Waals surface area contributed by atoms with E-state index in [0.29, 0.717) is 41.8 Å². The summed E-state index contributed by atoms with van der Waals surface area (Å²) in [5.41, 5.74) is -1.39. The molecular weight excluding hydrogens is 442 g/mol. The number of benzene rings is 1. The van der Waals surface area contributed by atoms with Crippen molar-refractivity contribution in [2.45, 2.75) is 44.5 Å². The zero-order valence-corrected chi connectivity index (χ0v) is 17.4. The molecule has 1 saturated heterocycles. The number of nitrogens with zero attached hydrogens (tertiary/aromatic N) is 2. The number of carbonyl (C=O) groups is 1. The largest absolute Gasteiger partial charge is 0.484 e. The Bertz CT molecular complexity index is 885. The van der Waals surface area contributed by atoms with E-state index < -0.39 is 30.1 Å². The molecule has 2 heterocycles. The molecule has 2 atom stereocenters. The first-order valence-electron chi connectivity index (χ1n) is 9.63. The number of ether oxygens (including phenoxy) is 3. The van der Waals surface area contributed by atoms with Crippen LogP contribution in [0.15, 0.2) is 18.2 Å². The van der Waals surface area contributed by atoms with E-state index in [-0.39, 0.29) is 24.5 Å². The first-order chi connectivity index (χ1) is 14.8. The second-order valence-corrected chi connectivity index (χ2v) is 7.82. The number of amides is 1. The first kappa shape index (κ1) is 23.2. The lowest BCUT2D eigenvalue weighted by Gasteiger charge is -2.28. The summed E-state index contributed by atoms with van der Waals surface area (Å²) in [6, 6.07) is 1.89. The van der Waals surface area contributed by atoms with E-state index in [9.17, 15) is 22.4 Å². The molecular formula is C19H21F4N3O4S. The number of rotatable bonds is 8. The number of hydrogen-bond donors (Lipinski definition) is 1. The lowest BCUT2D eigenvalue weighted by molar-refractivity contribution is -0.140. The molecule has 0 spiro atoms. The van der Waals surface area contributed by atoms with E-state index in [1.54, 1.807) is 0 Å². The van der Waals surface area contributed by atoms with Gasteiger partial charge in [0, 0.05) is 6.07 Å². The van der Waals surface area contributed by atoms with E-state index in [1.807, 2.05) is 6.92 Å². The van der Waals surface area contributed by atoms with Crippen LogP contribution in [0.5, 0.6) is 10.9 Å². The molecule has 0 radical (unpaired) electrons. The topological polar surface area (TPSA) is 82.6 Å². The van der Waals surface area contributed by atoms with E-state index in [1.165, 1.54) is 11.3 Å². The van der Waals surface area contributed by atoms with Crippen molar-refractivity contribution in [3.8, 4) is 10.9 Å². The molecule has 1 fully saturated rings. The molecule has 0 unspecified atom stereocenters. The molecule has 7 nitrogen and oxygen atoms in total. The Kier molecular flexibility index (Phi) is 7.65. The molecule has 2 aromatic rings. The number of halogens is 4. The Morgan fingerprint density at radius 2 is 2.10 bits per heavy atom. The van der Waals surface area contributed by atoms with Crippen LogP contribution in [0.25, 0.3) is 0 Å². The number of hydrogen-bond acceptors (Lipinski definition) is 7. The molecule has 31 heavy (non-hydrogen) atoms. The lowest BCUT2D eigenvalue weighted by Crippen LogP contribution is -2.43. The van der Waals surface area contributed by atoms with E-state index in [0.717, 1.165) is 12.5 Å². The van der Waals surface area contributed by atoms with Gasteiger partial charge in [-0.25, -0.2) is 4.39 Å². The van der Waals surface area contributed by atoms with Gasteiger partial charge in [-0.3, -0.25) is 4.79 Å². The Morgan fingerprint density at radius 3 is 2.74 bits per heavy atom. The maximum absolute atomic E-state index is 13.5. The van der Waals surface area contributed by atoms with Crippen LogP contribution in [0.3, 0.4) is 0 Å². The van der Waals surface area contributed by atoms with Gasteiger partial charge in [-0.1, -0.05) is 23.4 Å². The second-order valence-electron chi connectivity index (χ2n) is 6.85. The van der Waals surface area contributed by atoms with Crippen LogP contribution in [0.4, 0.5) is 17.6 Å². The van der Waals surface area contributed by atoms with Crippen molar-refractivity contribution in [1.29, 1.82) is 0 Å². The third-order valence-electron chi connectivity index (χ3n) is 4.38. The van der Waals surface area contributed by atoms with Crippen LogP contribution in [-0.4, -0.2) is 42.0 Å². The van der Waals surface area contributed by atoms with Crippen molar-refractivity contribution in [2.75, 3.05) is 19.8 Å². The molecule has 1 amide bonds. The van der Waals surface area contributed by atoms with Crippen LogP contribution in [0.1, 0.15) is 42.9 Å². The predicted octanol–water partition coefficient (Wildman–Crippen LogP) is 3.90. The third-order valence-corrected chi connectivity index (χ3v) is 5.31. The smallest absolute Gasteiger partial charge is 0.419 e. The van der Waals surface area contributed by atoms with Crippen molar-refractivity contribution >= 4 is 17.2 Å². The average molecular weight is 463 g/mol. The van der Waals surface area contributed by atoms with Crippen molar-refractivity contribution in [1.82, 2.24) is 15.5 Å². The van der Waals surface area contributed by atoms with Gasteiger partial charge in [0.25, 0.3) is 11.1 Å². The van der Waals surface area contributed by atoms with Gasteiger partial charge in [0.15, 0.2) is 6.61 Å². The van der Waals surface area contributed by atoms with Gasteiger partial charge in [-0.05, 0) is 31.4 Å². The number of carbonyl (C=O) groups excluding carboxylic acids is 1. The molecule has 1 aromatic heterocycles. The minimum atomic E-state index is -4.79. The summed E-state index contributed by atoms with van der Waals surface area (Å²) in [6.07, 6.45) is -2.89. The molecule has 0 bridgehead atoms. The molecule has 170 valence electrons. The molecule has 12 heteroatoms. The highest BCUT2D eigenvalue weighted by atomic mass is 32.1.